The highest BCUT2D eigenvalue weighted by Gasteiger charge is 2.21. The van der Waals surface area contributed by atoms with Crippen LogP contribution in [0.15, 0.2) is 52.4 Å². The molecule has 2 heterocycles. The number of ether oxygens (including phenoxy) is 1. The topological polar surface area (TPSA) is 73.2 Å². The third-order valence-corrected chi connectivity index (χ3v) is 6.63. The number of aryl methyl sites for hydroxylation is 1. The molecule has 168 valence electrons. The molecule has 0 radical (unpaired) electrons. The van der Waals surface area contributed by atoms with Crippen LogP contribution < -0.4 is 10.9 Å². The first kappa shape index (κ1) is 22.6. The number of thioether (sulfide) groups is 1. The maximum atomic E-state index is 13.4. The van der Waals surface area contributed by atoms with E-state index in [9.17, 15) is 9.59 Å². The van der Waals surface area contributed by atoms with Gasteiger partial charge in [-0.15, -0.1) is 0 Å². The monoisotopic (exact) mass is 451 g/mol. The van der Waals surface area contributed by atoms with E-state index in [1.54, 1.807) is 34.5 Å². The Morgan fingerprint density at radius 2 is 2.16 bits per heavy atom. The van der Waals surface area contributed by atoms with Crippen LogP contribution in [-0.4, -0.2) is 34.7 Å². The number of hydrogen-bond donors (Lipinski definition) is 1. The van der Waals surface area contributed by atoms with Crippen molar-refractivity contribution in [1.82, 2.24) is 14.9 Å². The van der Waals surface area contributed by atoms with Crippen molar-refractivity contribution in [2.75, 3.05) is 13.2 Å². The lowest BCUT2D eigenvalue weighted by atomic mass is 10.1. The fourth-order valence-corrected chi connectivity index (χ4v) is 4.85. The molecule has 1 aliphatic heterocycles. The number of carbonyl (C=O) groups is 1. The van der Waals surface area contributed by atoms with Gasteiger partial charge in [-0.3, -0.25) is 14.2 Å². The number of benzene rings is 2. The van der Waals surface area contributed by atoms with Gasteiger partial charge in [0.2, 0.25) is 0 Å². The van der Waals surface area contributed by atoms with Gasteiger partial charge in [0.1, 0.15) is 0 Å². The van der Waals surface area contributed by atoms with Crippen LogP contribution in [0.3, 0.4) is 0 Å². The van der Waals surface area contributed by atoms with Crippen LogP contribution in [0.2, 0.25) is 0 Å². The average molecular weight is 452 g/mol. The predicted molar refractivity (Wildman–Crippen MR) is 128 cm³/mol. The van der Waals surface area contributed by atoms with E-state index < -0.39 is 0 Å². The first-order valence-electron chi connectivity index (χ1n) is 11.2. The smallest absolute Gasteiger partial charge is 0.262 e. The molecule has 6 nitrogen and oxygen atoms in total. The summed E-state index contributed by atoms with van der Waals surface area (Å²) in [5, 5.41) is 4.06. The van der Waals surface area contributed by atoms with Crippen LogP contribution in [0.25, 0.3) is 10.9 Å². The fraction of sp³-hybridized carbons (Fsp3) is 0.400. The van der Waals surface area contributed by atoms with E-state index in [1.807, 2.05) is 13.0 Å². The summed E-state index contributed by atoms with van der Waals surface area (Å²) in [4.78, 5) is 30.7. The number of amides is 1. The maximum absolute atomic E-state index is 13.4. The summed E-state index contributed by atoms with van der Waals surface area (Å²) in [6, 6.07) is 13.5. The number of nitrogens with zero attached hydrogens (tertiary/aromatic N) is 2. The fourth-order valence-electron chi connectivity index (χ4n) is 3.90. The molecule has 4 rings (SSSR count). The second-order valence-corrected chi connectivity index (χ2v) is 9.15. The number of fused-ring (bicyclic) bond motifs is 1. The summed E-state index contributed by atoms with van der Waals surface area (Å²) >= 11 is 1.55. The first-order chi connectivity index (χ1) is 15.5. The molecule has 32 heavy (non-hydrogen) atoms. The van der Waals surface area contributed by atoms with Gasteiger partial charge in [-0.05, 0) is 49.9 Å². The van der Waals surface area contributed by atoms with Gasteiger partial charge in [0, 0.05) is 24.5 Å². The summed E-state index contributed by atoms with van der Waals surface area (Å²) in [5.41, 5.74) is 3.37. The Balaban J connectivity index is 1.70. The molecule has 1 fully saturated rings. The quantitative estimate of drug-likeness (QED) is 0.408. The van der Waals surface area contributed by atoms with Crippen molar-refractivity contribution in [1.29, 1.82) is 0 Å². The number of carbonyl (C=O) groups excluding carboxylic acids is 1. The van der Waals surface area contributed by atoms with Gasteiger partial charge in [-0.25, -0.2) is 4.98 Å². The number of hydrogen-bond acceptors (Lipinski definition) is 5. The van der Waals surface area contributed by atoms with E-state index in [0.717, 1.165) is 25.9 Å². The highest BCUT2D eigenvalue weighted by molar-refractivity contribution is 7.98. The van der Waals surface area contributed by atoms with Crippen molar-refractivity contribution >= 4 is 28.6 Å². The van der Waals surface area contributed by atoms with Crippen molar-refractivity contribution < 1.29 is 9.53 Å². The predicted octanol–water partition coefficient (Wildman–Crippen LogP) is 4.32. The summed E-state index contributed by atoms with van der Waals surface area (Å²) in [7, 11) is 0. The molecule has 2 aromatic carbocycles. The summed E-state index contributed by atoms with van der Waals surface area (Å²) in [6.45, 7) is 5.93. The van der Waals surface area contributed by atoms with Gasteiger partial charge in [0.25, 0.3) is 11.5 Å². The van der Waals surface area contributed by atoms with E-state index in [1.165, 1.54) is 11.1 Å². The van der Waals surface area contributed by atoms with Crippen LogP contribution in [0.4, 0.5) is 0 Å². The Morgan fingerprint density at radius 1 is 1.28 bits per heavy atom. The minimum atomic E-state index is -0.145. The standard InChI is InChI=1S/C25H29N3O3S/c1-3-11-26-23(29)19-9-10-21-22(14-19)27-25(32-16-18-7-4-6-17(2)13-18)28(24(21)30)15-20-8-5-12-31-20/h4,6-7,9-10,13-14,20H,3,5,8,11-12,15-16H2,1-2H3,(H,26,29)/t20-/m1/s1. The van der Waals surface area contributed by atoms with Gasteiger partial charge >= 0.3 is 0 Å². The SMILES string of the molecule is CCCNC(=O)c1ccc2c(=O)n(C[C@H]3CCCO3)c(SCc3cccc(C)c3)nc2c1. The molecule has 0 saturated carbocycles. The minimum absolute atomic E-state index is 0.0318. The van der Waals surface area contributed by atoms with Gasteiger partial charge in [-0.2, -0.15) is 0 Å². The molecule has 0 bridgehead atoms. The van der Waals surface area contributed by atoms with E-state index in [4.69, 9.17) is 9.72 Å². The average Bonchev–Trinajstić information content (AvgIpc) is 3.31. The van der Waals surface area contributed by atoms with Crippen molar-refractivity contribution in [3.05, 3.63) is 69.5 Å². The molecular weight excluding hydrogens is 422 g/mol. The Kier molecular flexibility index (Phi) is 7.27. The summed E-state index contributed by atoms with van der Waals surface area (Å²) < 4.78 is 7.54. The lowest BCUT2D eigenvalue weighted by Gasteiger charge is -2.17. The Hall–Kier alpha value is -2.64. The van der Waals surface area contributed by atoms with E-state index in [2.05, 4.69) is 30.4 Å². The molecule has 1 amide bonds. The van der Waals surface area contributed by atoms with Crippen LogP contribution in [0.1, 0.15) is 47.7 Å². The van der Waals surface area contributed by atoms with Crippen LogP contribution in [-0.2, 0) is 17.0 Å². The zero-order chi connectivity index (χ0) is 22.5. The number of aromatic nitrogens is 2. The van der Waals surface area contributed by atoms with Crippen molar-refractivity contribution in [3.63, 3.8) is 0 Å². The second-order valence-electron chi connectivity index (χ2n) is 8.21. The first-order valence-corrected chi connectivity index (χ1v) is 12.2. The largest absolute Gasteiger partial charge is 0.376 e. The van der Waals surface area contributed by atoms with E-state index in [0.29, 0.717) is 40.5 Å². The molecule has 1 aromatic heterocycles. The summed E-state index contributed by atoms with van der Waals surface area (Å²) in [5.74, 6) is 0.565. The third-order valence-electron chi connectivity index (χ3n) is 5.58. The second kappa shape index (κ2) is 10.3. The van der Waals surface area contributed by atoms with Crippen LogP contribution in [0.5, 0.6) is 0 Å². The molecular formula is C25H29N3O3S. The Bertz CT molecular complexity index is 1170. The minimum Gasteiger partial charge on any atom is -0.376 e. The van der Waals surface area contributed by atoms with Gasteiger partial charge in [0.15, 0.2) is 5.16 Å². The van der Waals surface area contributed by atoms with Crippen LogP contribution in [0, 0.1) is 6.92 Å². The maximum Gasteiger partial charge on any atom is 0.262 e. The van der Waals surface area contributed by atoms with Gasteiger partial charge in [0.05, 0.1) is 23.6 Å². The molecule has 0 unspecified atom stereocenters. The number of nitrogens with one attached hydrogen (secondary N) is 1. The molecule has 1 saturated heterocycles. The highest BCUT2D eigenvalue weighted by Crippen LogP contribution is 2.25. The highest BCUT2D eigenvalue weighted by atomic mass is 32.2. The number of rotatable bonds is 8. The molecule has 0 aliphatic carbocycles. The van der Waals surface area contributed by atoms with Crippen molar-refractivity contribution in [3.8, 4) is 0 Å². The van der Waals surface area contributed by atoms with Gasteiger partial charge < -0.3 is 10.1 Å². The lowest BCUT2D eigenvalue weighted by molar-refractivity contribution is 0.0937. The van der Waals surface area contributed by atoms with E-state index in [-0.39, 0.29) is 17.6 Å². The molecule has 7 heteroatoms. The molecule has 1 aliphatic rings. The normalized spacial score (nSPS) is 15.9. The molecule has 3 aromatic rings. The van der Waals surface area contributed by atoms with Crippen molar-refractivity contribution in [2.45, 2.75) is 56.7 Å². The van der Waals surface area contributed by atoms with Crippen molar-refractivity contribution in [2.24, 2.45) is 0 Å². The summed E-state index contributed by atoms with van der Waals surface area (Å²) in [6.07, 6.45) is 2.86. The van der Waals surface area contributed by atoms with Gasteiger partial charge in [-0.1, -0.05) is 48.5 Å². The van der Waals surface area contributed by atoms with Crippen LogP contribution >= 0.6 is 11.8 Å². The lowest BCUT2D eigenvalue weighted by Crippen LogP contribution is -2.29. The molecule has 1 atom stereocenters. The third kappa shape index (κ3) is 5.22. The molecule has 1 N–H and O–H groups in total. The molecule has 0 spiro atoms. The zero-order valence-electron chi connectivity index (χ0n) is 18.6. The zero-order valence-corrected chi connectivity index (χ0v) is 19.4. The Morgan fingerprint density at radius 3 is 2.91 bits per heavy atom. The van der Waals surface area contributed by atoms with E-state index >= 15 is 0 Å². The Labute approximate surface area is 192 Å².